The lowest BCUT2D eigenvalue weighted by Crippen LogP contribution is -2.25. The zero-order chi connectivity index (χ0) is 13.8. The molecular weight excluding hydrogens is 300 g/mol. The fourth-order valence-corrected chi connectivity index (χ4v) is 4.10. The van der Waals surface area contributed by atoms with E-state index in [-0.39, 0.29) is 0 Å². The maximum atomic E-state index is 6.01. The molecule has 18 heavy (non-hydrogen) atoms. The summed E-state index contributed by atoms with van der Waals surface area (Å²) in [5.41, 5.74) is 26.2. The number of nitrogens with two attached hydrogens (primary N) is 4. The maximum absolute atomic E-state index is 6.01. The third-order valence-corrected chi connectivity index (χ3v) is 5.47. The van der Waals surface area contributed by atoms with Gasteiger partial charge in [-0.3, -0.25) is 0 Å². The van der Waals surface area contributed by atoms with E-state index in [1.165, 1.54) is 0 Å². The van der Waals surface area contributed by atoms with Gasteiger partial charge < -0.3 is 22.9 Å². The highest BCUT2D eigenvalue weighted by atomic mass is 31.0. The van der Waals surface area contributed by atoms with Crippen LogP contribution in [0.25, 0.3) is 10.8 Å². The molecule has 0 radical (unpaired) electrons. The van der Waals surface area contributed by atoms with E-state index in [4.69, 9.17) is 22.9 Å². The van der Waals surface area contributed by atoms with Crippen LogP contribution in [0.15, 0.2) is 0 Å². The van der Waals surface area contributed by atoms with Gasteiger partial charge in [-0.1, -0.05) is 0 Å². The van der Waals surface area contributed by atoms with E-state index < -0.39 is 0 Å². The van der Waals surface area contributed by atoms with Gasteiger partial charge in [-0.15, -0.1) is 37.0 Å². The summed E-state index contributed by atoms with van der Waals surface area (Å²) in [7, 11) is 10.5. The molecule has 0 saturated heterocycles. The van der Waals surface area contributed by atoms with Crippen molar-refractivity contribution in [3.8, 4) is 0 Å². The molecule has 0 aliphatic heterocycles. The Hall–Kier alpha value is -0.380. The average Bonchev–Trinajstić information content (AvgIpc) is 2.35. The molecule has 96 valence electrons. The number of nitrogen functional groups attached to an aromatic ring is 4. The summed E-state index contributed by atoms with van der Waals surface area (Å²) in [6.07, 6.45) is 0. The van der Waals surface area contributed by atoms with Gasteiger partial charge in [0.25, 0.3) is 0 Å². The Morgan fingerprint density at radius 2 is 0.611 bits per heavy atom. The summed E-state index contributed by atoms with van der Waals surface area (Å²) in [5.74, 6) is 0. The van der Waals surface area contributed by atoms with Gasteiger partial charge in [-0.05, 0) is 0 Å². The highest BCUT2D eigenvalue weighted by molar-refractivity contribution is 7.35. The quantitative estimate of drug-likeness (QED) is 0.376. The fourth-order valence-electron chi connectivity index (χ4n) is 1.95. The van der Waals surface area contributed by atoms with Crippen molar-refractivity contribution in [2.24, 2.45) is 0 Å². The van der Waals surface area contributed by atoms with Crippen molar-refractivity contribution in [2.45, 2.75) is 0 Å². The van der Waals surface area contributed by atoms with Gasteiger partial charge in [0.1, 0.15) is 0 Å². The lowest BCUT2D eigenvalue weighted by Gasteiger charge is -2.19. The second-order valence-corrected chi connectivity index (χ2v) is 6.37. The molecule has 0 aliphatic carbocycles. The smallest absolute Gasteiger partial charge is 0.0633 e. The molecule has 4 atom stereocenters. The Morgan fingerprint density at radius 1 is 0.444 bits per heavy atom. The summed E-state index contributed by atoms with van der Waals surface area (Å²) in [6.45, 7) is 0. The third kappa shape index (κ3) is 1.75. The van der Waals surface area contributed by atoms with Crippen LogP contribution in [0.2, 0.25) is 0 Å². The molecule has 4 nitrogen and oxygen atoms in total. The zero-order valence-corrected chi connectivity index (χ0v) is 14.2. The van der Waals surface area contributed by atoms with Gasteiger partial charge in [0.2, 0.25) is 0 Å². The monoisotopic (exact) mass is 316 g/mol. The Labute approximate surface area is 115 Å². The number of anilines is 4. The Morgan fingerprint density at radius 3 is 0.778 bits per heavy atom. The molecule has 0 saturated carbocycles. The standard InChI is InChI=1S/C10H16N4P4/c11-3-5(13)9(17)2-1(7(3)15)8(16)4(12)6(14)10(2)18/h11-18H2. The first-order valence-electron chi connectivity index (χ1n) is 5.06. The minimum Gasteiger partial charge on any atom is -0.397 e. The molecule has 4 unspecified atom stereocenters. The third-order valence-electron chi connectivity index (χ3n) is 3.07. The number of fused-ring (bicyclic) bond motifs is 1. The predicted octanol–water partition coefficient (Wildman–Crippen LogP) is -0.830. The molecule has 0 aromatic heterocycles. The van der Waals surface area contributed by atoms with E-state index in [0.717, 1.165) is 32.0 Å². The first kappa shape index (κ1) is 14.0. The normalized spacial score (nSPS) is 11.1. The Bertz CT molecular complexity index is 571. The van der Waals surface area contributed by atoms with E-state index in [1.54, 1.807) is 0 Å². The highest BCUT2D eigenvalue weighted by Gasteiger charge is 2.18. The number of hydrogen-bond acceptors (Lipinski definition) is 4. The molecule has 0 spiro atoms. The summed E-state index contributed by atoms with van der Waals surface area (Å²) < 4.78 is 0. The summed E-state index contributed by atoms with van der Waals surface area (Å²) in [4.78, 5) is 0. The zero-order valence-electron chi connectivity index (χ0n) is 9.62. The summed E-state index contributed by atoms with van der Waals surface area (Å²) in [5, 5.41) is 5.28. The number of benzene rings is 2. The average molecular weight is 316 g/mol. The van der Waals surface area contributed by atoms with Crippen LogP contribution in [0.4, 0.5) is 22.7 Å². The maximum Gasteiger partial charge on any atom is 0.0633 e. The van der Waals surface area contributed by atoms with Gasteiger partial charge >= 0.3 is 0 Å². The van der Waals surface area contributed by atoms with Gasteiger partial charge in [-0.25, -0.2) is 0 Å². The number of rotatable bonds is 0. The van der Waals surface area contributed by atoms with Gasteiger partial charge in [0.05, 0.1) is 22.7 Å². The van der Waals surface area contributed by atoms with Crippen LogP contribution in [0, 0.1) is 0 Å². The molecule has 2 rings (SSSR count). The van der Waals surface area contributed by atoms with Crippen LogP contribution in [0.3, 0.4) is 0 Å². The van der Waals surface area contributed by atoms with E-state index in [1.807, 2.05) is 0 Å². The van der Waals surface area contributed by atoms with Gasteiger partial charge in [0, 0.05) is 32.0 Å². The van der Waals surface area contributed by atoms with Crippen LogP contribution in [-0.2, 0) is 0 Å². The largest absolute Gasteiger partial charge is 0.397 e. The van der Waals surface area contributed by atoms with Crippen molar-refractivity contribution in [1.82, 2.24) is 0 Å². The molecule has 2 aromatic rings. The fraction of sp³-hybridized carbons (Fsp3) is 0. The Kier molecular flexibility index (Phi) is 3.60. The van der Waals surface area contributed by atoms with Crippen molar-refractivity contribution >= 4 is 91.7 Å². The van der Waals surface area contributed by atoms with E-state index >= 15 is 0 Å². The second kappa shape index (κ2) is 4.62. The van der Waals surface area contributed by atoms with E-state index in [0.29, 0.717) is 22.7 Å². The van der Waals surface area contributed by atoms with Crippen molar-refractivity contribution in [1.29, 1.82) is 0 Å². The lowest BCUT2D eigenvalue weighted by atomic mass is 10.1. The van der Waals surface area contributed by atoms with E-state index in [9.17, 15) is 0 Å². The van der Waals surface area contributed by atoms with Gasteiger partial charge in [-0.2, -0.15) is 0 Å². The van der Waals surface area contributed by atoms with Crippen molar-refractivity contribution in [2.75, 3.05) is 22.9 Å². The summed E-state index contributed by atoms with van der Waals surface area (Å²) >= 11 is 0. The minimum atomic E-state index is 0.551. The van der Waals surface area contributed by atoms with Crippen LogP contribution >= 0.6 is 37.0 Å². The molecule has 0 heterocycles. The molecule has 0 bridgehead atoms. The van der Waals surface area contributed by atoms with E-state index in [2.05, 4.69) is 37.0 Å². The minimum absolute atomic E-state index is 0.551. The van der Waals surface area contributed by atoms with Crippen LogP contribution in [0.1, 0.15) is 0 Å². The molecule has 8 heteroatoms. The highest BCUT2D eigenvalue weighted by Crippen LogP contribution is 2.29. The second-order valence-electron chi connectivity index (χ2n) is 4.06. The van der Waals surface area contributed by atoms with Crippen LogP contribution in [0.5, 0.6) is 0 Å². The van der Waals surface area contributed by atoms with Gasteiger partial charge in [0.15, 0.2) is 0 Å². The molecule has 0 fully saturated rings. The first-order valence-corrected chi connectivity index (χ1v) is 7.37. The molecule has 8 N–H and O–H groups in total. The van der Waals surface area contributed by atoms with Crippen LogP contribution in [-0.4, -0.2) is 0 Å². The Balaban J connectivity index is 3.22. The predicted molar refractivity (Wildman–Crippen MR) is 99.0 cm³/mol. The number of hydrogen-bond donors (Lipinski definition) is 4. The van der Waals surface area contributed by atoms with Crippen molar-refractivity contribution in [3.63, 3.8) is 0 Å². The first-order chi connectivity index (χ1) is 8.29. The molecule has 0 amide bonds. The van der Waals surface area contributed by atoms with Crippen LogP contribution < -0.4 is 44.2 Å². The molecule has 2 aromatic carbocycles. The SMILES string of the molecule is Nc1c(N)c(P)c2c(P)c(N)c(N)c(P)c2c1P. The molecular formula is C10H16N4P4. The molecule has 0 aliphatic rings. The topological polar surface area (TPSA) is 104 Å². The van der Waals surface area contributed by atoms with Crippen molar-refractivity contribution in [3.05, 3.63) is 0 Å². The summed E-state index contributed by atoms with van der Waals surface area (Å²) in [6, 6.07) is 0. The van der Waals surface area contributed by atoms with Crippen molar-refractivity contribution < 1.29 is 0 Å². The lowest BCUT2D eigenvalue weighted by molar-refractivity contribution is 1.78.